The first kappa shape index (κ1) is 5.41. The molecule has 0 bridgehead atoms. The van der Waals surface area contributed by atoms with E-state index in [-0.39, 0.29) is 0 Å². The lowest BCUT2D eigenvalue weighted by Gasteiger charge is -1.98. The Bertz CT molecular complexity index is 111. The van der Waals surface area contributed by atoms with Gasteiger partial charge in [0.2, 0.25) is 5.90 Å². The molecule has 3 heteroatoms. The molecule has 0 aromatic carbocycles. The normalized spacial score (nSPS) is 26.8. The molecule has 0 spiro atoms. The van der Waals surface area contributed by atoms with Crippen molar-refractivity contribution in [3.05, 3.63) is 0 Å². The second-order valence-corrected chi connectivity index (χ2v) is 1.83. The van der Waals surface area contributed by atoms with E-state index < -0.39 is 0 Å². The number of hydrogen-bond donors (Lipinski definition) is 0. The van der Waals surface area contributed by atoms with E-state index in [2.05, 4.69) is 5.16 Å². The van der Waals surface area contributed by atoms with E-state index in [9.17, 15) is 0 Å². The van der Waals surface area contributed by atoms with Crippen LogP contribution in [0, 0.1) is 5.92 Å². The SMILES string of the molecule is COC1=NOCC1C. The first-order valence-corrected chi connectivity index (χ1v) is 2.58. The molecule has 1 atom stereocenters. The summed E-state index contributed by atoms with van der Waals surface area (Å²) >= 11 is 0. The summed E-state index contributed by atoms with van der Waals surface area (Å²) in [4.78, 5) is 4.72. The number of rotatable bonds is 0. The number of oxime groups is 1. The fourth-order valence-electron chi connectivity index (χ4n) is 0.612. The van der Waals surface area contributed by atoms with Crippen LogP contribution >= 0.6 is 0 Å². The zero-order valence-electron chi connectivity index (χ0n) is 5.05. The summed E-state index contributed by atoms with van der Waals surface area (Å²) in [6.45, 7) is 2.67. The van der Waals surface area contributed by atoms with E-state index in [4.69, 9.17) is 9.57 Å². The summed E-state index contributed by atoms with van der Waals surface area (Å²) in [7, 11) is 1.60. The average molecular weight is 115 g/mol. The molecule has 1 heterocycles. The van der Waals surface area contributed by atoms with Gasteiger partial charge in [-0.15, -0.1) is 0 Å². The molecule has 0 aliphatic carbocycles. The van der Waals surface area contributed by atoms with E-state index in [0.29, 0.717) is 18.4 Å². The molecule has 8 heavy (non-hydrogen) atoms. The highest BCUT2D eigenvalue weighted by molar-refractivity contribution is 5.78. The largest absolute Gasteiger partial charge is 0.482 e. The third-order valence-electron chi connectivity index (χ3n) is 1.11. The maximum atomic E-state index is 4.85. The highest BCUT2D eigenvalue weighted by atomic mass is 16.7. The van der Waals surface area contributed by atoms with Gasteiger partial charge < -0.3 is 9.57 Å². The maximum Gasteiger partial charge on any atom is 0.231 e. The predicted molar refractivity (Wildman–Crippen MR) is 29.6 cm³/mol. The molecule has 0 amide bonds. The molecular formula is C5H9NO2. The van der Waals surface area contributed by atoms with Crippen molar-refractivity contribution in [2.24, 2.45) is 11.1 Å². The highest BCUT2D eigenvalue weighted by Gasteiger charge is 2.17. The van der Waals surface area contributed by atoms with Gasteiger partial charge in [0, 0.05) is 0 Å². The summed E-state index contributed by atoms with van der Waals surface area (Å²) < 4.78 is 4.85. The summed E-state index contributed by atoms with van der Waals surface area (Å²) in [5.74, 6) is 1.03. The second-order valence-electron chi connectivity index (χ2n) is 1.83. The quantitative estimate of drug-likeness (QED) is 0.463. The van der Waals surface area contributed by atoms with Crippen molar-refractivity contribution in [3.8, 4) is 0 Å². The fourth-order valence-corrected chi connectivity index (χ4v) is 0.612. The summed E-state index contributed by atoms with van der Waals surface area (Å²) in [6, 6.07) is 0. The lowest BCUT2D eigenvalue weighted by Crippen LogP contribution is -2.09. The molecule has 0 saturated carbocycles. The van der Waals surface area contributed by atoms with Crippen LogP contribution in [0.5, 0.6) is 0 Å². The van der Waals surface area contributed by atoms with Crippen molar-refractivity contribution < 1.29 is 9.57 Å². The fraction of sp³-hybridized carbons (Fsp3) is 0.800. The van der Waals surface area contributed by atoms with Crippen molar-refractivity contribution in [1.82, 2.24) is 0 Å². The average Bonchev–Trinajstić information content (AvgIpc) is 2.14. The molecule has 46 valence electrons. The lowest BCUT2D eigenvalue weighted by atomic mass is 10.2. The molecule has 1 unspecified atom stereocenters. The van der Waals surface area contributed by atoms with Gasteiger partial charge in [-0.25, -0.2) is 0 Å². The van der Waals surface area contributed by atoms with Gasteiger partial charge in [0.05, 0.1) is 13.0 Å². The van der Waals surface area contributed by atoms with E-state index in [1.807, 2.05) is 6.92 Å². The van der Waals surface area contributed by atoms with Gasteiger partial charge in [0.25, 0.3) is 0 Å². The number of ether oxygens (including phenoxy) is 1. The first-order chi connectivity index (χ1) is 3.84. The Morgan fingerprint density at radius 1 is 1.88 bits per heavy atom. The van der Waals surface area contributed by atoms with Crippen molar-refractivity contribution >= 4 is 5.90 Å². The monoisotopic (exact) mass is 115 g/mol. The summed E-state index contributed by atoms with van der Waals surface area (Å²) in [5, 5.41) is 3.63. The smallest absolute Gasteiger partial charge is 0.231 e. The van der Waals surface area contributed by atoms with Gasteiger partial charge in [0.15, 0.2) is 0 Å². The first-order valence-electron chi connectivity index (χ1n) is 2.58. The van der Waals surface area contributed by atoms with Crippen molar-refractivity contribution in [1.29, 1.82) is 0 Å². The van der Waals surface area contributed by atoms with Crippen molar-refractivity contribution in [2.45, 2.75) is 6.92 Å². The van der Waals surface area contributed by atoms with Gasteiger partial charge in [-0.1, -0.05) is 12.1 Å². The van der Waals surface area contributed by atoms with Crippen LogP contribution < -0.4 is 0 Å². The zero-order chi connectivity index (χ0) is 5.98. The Labute approximate surface area is 48.3 Å². The van der Waals surface area contributed by atoms with Gasteiger partial charge in [0.1, 0.15) is 6.61 Å². The van der Waals surface area contributed by atoms with Crippen LogP contribution in [0.3, 0.4) is 0 Å². The lowest BCUT2D eigenvalue weighted by molar-refractivity contribution is 0.157. The van der Waals surface area contributed by atoms with Crippen LogP contribution in [0.15, 0.2) is 5.16 Å². The zero-order valence-corrected chi connectivity index (χ0v) is 5.05. The molecule has 0 aromatic heterocycles. The van der Waals surface area contributed by atoms with E-state index in [0.717, 1.165) is 0 Å². The molecule has 0 N–H and O–H groups in total. The van der Waals surface area contributed by atoms with Gasteiger partial charge in [-0.3, -0.25) is 0 Å². The van der Waals surface area contributed by atoms with Crippen LogP contribution in [0.25, 0.3) is 0 Å². The van der Waals surface area contributed by atoms with Crippen LogP contribution in [-0.2, 0) is 9.57 Å². The van der Waals surface area contributed by atoms with E-state index >= 15 is 0 Å². The minimum absolute atomic E-state index is 0.333. The molecule has 0 saturated heterocycles. The molecule has 1 aliphatic rings. The van der Waals surface area contributed by atoms with Crippen LogP contribution in [0.1, 0.15) is 6.92 Å². The Hall–Kier alpha value is -0.730. The van der Waals surface area contributed by atoms with E-state index in [1.165, 1.54) is 0 Å². The third kappa shape index (κ3) is 0.757. The predicted octanol–water partition coefficient (Wildman–Crippen LogP) is 0.613. The Morgan fingerprint density at radius 3 is 2.88 bits per heavy atom. The molecule has 0 fully saturated rings. The molecule has 1 aliphatic heterocycles. The Kier molecular flexibility index (Phi) is 1.37. The third-order valence-corrected chi connectivity index (χ3v) is 1.11. The van der Waals surface area contributed by atoms with Crippen LogP contribution in [0.4, 0.5) is 0 Å². The minimum Gasteiger partial charge on any atom is -0.482 e. The minimum atomic E-state index is 0.333. The molecule has 1 rings (SSSR count). The van der Waals surface area contributed by atoms with Gasteiger partial charge in [-0.05, 0) is 0 Å². The number of nitrogens with zero attached hydrogens (tertiary/aromatic N) is 1. The number of methoxy groups -OCH3 is 1. The van der Waals surface area contributed by atoms with Crippen LogP contribution in [-0.4, -0.2) is 19.6 Å². The molecule has 0 aromatic rings. The van der Waals surface area contributed by atoms with Gasteiger partial charge in [-0.2, -0.15) is 0 Å². The van der Waals surface area contributed by atoms with E-state index in [1.54, 1.807) is 7.11 Å². The molecule has 3 nitrogen and oxygen atoms in total. The Balaban J connectivity index is 2.49. The second kappa shape index (κ2) is 2.03. The topological polar surface area (TPSA) is 30.8 Å². The summed E-state index contributed by atoms with van der Waals surface area (Å²) in [5.41, 5.74) is 0. The highest BCUT2D eigenvalue weighted by Crippen LogP contribution is 2.07. The standard InChI is InChI=1S/C5H9NO2/c1-4-3-8-6-5(4)7-2/h4H,3H2,1-2H3. The molecule has 0 radical (unpaired) electrons. The Morgan fingerprint density at radius 2 is 2.62 bits per heavy atom. The maximum absolute atomic E-state index is 4.85. The van der Waals surface area contributed by atoms with Crippen molar-refractivity contribution in [2.75, 3.05) is 13.7 Å². The molecular weight excluding hydrogens is 106 g/mol. The van der Waals surface area contributed by atoms with Gasteiger partial charge >= 0.3 is 0 Å². The summed E-state index contributed by atoms with van der Waals surface area (Å²) in [6.07, 6.45) is 0. The number of hydrogen-bond acceptors (Lipinski definition) is 3. The van der Waals surface area contributed by atoms with Crippen molar-refractivity contribution in [3.63, 3.8) is 0 Å². The van der Waals surface area contributed by atoms with Crippen LogP contribution in [0.2, 0.25) is 0 Å².